The number of benzene rings is 1. The highest BCUT2D eigenvalue weighted by Gasteiger charge is 2.36. The Labute approximate surface area is 132 Å². The van der Waals surface area contributed by atoms with Gasteiger partial charge in [0.2, 0.25) is 0 Å². The molecule has 2 unspecified atom stereocenters. The number of nitrogens with one attached hydrogen (secondary N) is 1. The van der Waals surface area contributed by atoms with Crippen molar-refractivity contribution in [2.75, 3.05) is 5.32 Å². The fourth-order valence-corrected chi connectivity index (χ4v) is 3.60. The summed E-state index contributed by atoms with van der Waals surface area (Å²) in [4.78, 5) is 0. The Morgan fingerprint density at radius 1 is 1.29 bits per heavy atom. The van der Waals surface area contributed by atoms with Crippen molar-refractivity contribution in [1.29, 1.82) is 0 Å². The number of hydrogen-bond donors (Lipinski definition) is 1. The third-order valence-electron chi connectivity index (χ3n) is 4.32. The van der Waals surface area contributed by atoms with Crippen LogP contribution in [0.25, 0.3) is 0 Å². The van der Waals surface area contributed by atoms with Crippen LogP contribution in [-0.4, -0.2) is 6.04 Å². The first-order valence-electron chi connectivity index (χ1n) is 7.22. The lowest BCUT2D eigenvalue weighted by atomic mass is 9.70. The molecule has 0 amide bonds. The molecule has 1 N–H and O–H groups in total. The standard InChI is InChI=1S/C16H21BrF3N/c1-10-9-15(2,3)7-6-13(10)21-14-5-4-11(17)8-12(14)16(18,19)20/h4-5,8,10,13,21H,6-7,9H2,1-3H3. The SMILES string of the molecule is CC1CC(C)(C)CCC1Nc1ccc(Br)cc1C(F)(F)F. The van der Waals surface area contributed by atoms with Crippen LogP contribution in [-0.2, 0) is 6.18 Å². The number of alkyl halides is 3. The molecule has 2 rings (SSSR count). The first kappa shape index (κ1) is 16.7. The van der Waals surface area contributed by atoms with E-state index in [1.165, 1.54) is 6.07 Å². The van der Waals surface area contributed by atoms with E-state index in [-0.39, 0.29) is 17.1 Å². The summed E-state index contributed by atoms with van der Waals surface area (Å²) in [6, 6.07) is 4.40. The Balaban J connectivity index is 2.21. The maximum Gasteiger partial charge on any atom is 0.418 e. The lowest BCUT2D eigenvalue weighted by molar-refractivity contribution is -0.137. The Hall–Kier alpha value is -0.710. The van der Waals surface area contributed by atoms with E-state index in [1.54, 1.807) is 6.07 Å². The fraction of sp³-hybridized carbons (Fsp3) is 0.625. The van der Waals surface area contributed by atoms with Crippen molar-refractivity contribution in [2.24, 2.45) is 11.3 Å². The molecule has 0 spiro atoms. The topological polar surface area (TPSA) is 12.0 Å². The molecule has 0 bridgehead atoms. The molecule has 1 aromatic carbocycles. The van der Waals surface area contributed by atoms with Gasteiger partial charge in [0, 0.05) is 16.2 Å². The van der Waals surface area contributed by atoms with Crippen molar-refractivity contribution in [3.05, 3.63) is 28.2 Å². The zero-order valence-corrected chi connectivity index (χ0v) is 14.1. The van der Waals surface area contributed by atoms with Gasteiger partial charge in [-0.2, -0.15) is 13.2 Å². The van der Waals surface area contributed by atoms with Gasteiger partial charge in [0.25, 0.3) is 0 Å². The van der Waals surface area contributed by atoms with Crippen molar-refractivity contribution in [1.82, 2.24) is 0 Å². The molecule has 1 nitrogen and oxygen atoms in total. The summed E-state index contributed by atoms with van der Waals surface area (Å²) in [6.45, 7) is 6.56. The van der Waals surface area contributed by atoms with Crippen molar-refractivity contribution in [2.45, 2.75) is 52.3 Å². The Bertz CT molecular complexity index is 511. The Morgan fingerprint density at radius 2 is 1.95 bits per heavy atom. The van der Waals surface area contributed by atoms with Crippen LogP contribution >= 0.6 is 15.9 Å². The van der Waals surface area contributed by atoms with E-state index in [1.807, 2.05) is 0 Å². The van der Waals surface area contributed by atoms with E-state index in [4.69, 9.17) is 0 Å². The quantitative estimate of drug-likeness (QED) is 0.669. The summed E-state index contributed by atoms with van der Waals surface area (Å²) in [5.41, 5.74) is -0.138. The Morgan fingerprint density at radius 3 is 2.52 bits per heavy atom. The third kappa shape index (κ3) is 4.15. The van der Waals surface area contributed by atoms with Crippen molar-refractivity contribution >= 4 is 21.6 Å². The first-order chi connectivity index (χ1) is 9.58. The van der Waals surface area contributed by atoms with Gasteiger partial charge >= 0.3 is 6.18 Å². The monoisotopic (exact) mass is 363 g/mol. The smallest absolute Gasteiger partial charge is 0.382 e. The number of rotatable bonds is 2. The summed E-state index contributed by atoms with van der Waals surface area (Å²) < 4.78 is 39.9. The molecule has 0 saturated heterocycles. The van der Waals surface area contributed by atoms with Gasteiger partial charge in [0.1, 0.15) is 0 Å². The molecule has 1 fully saturated rings. The van der Waals surface area contributed by atoms with Crippen molar-refractivity contribution < 1.29 is 13.2 Å². The minimum absolute atomic E-state index is 0.0975. The van der Waals surface area contributed by atoms with Gasteiger partial charge in [-0.25, -0.2) is 0 Å². The van der Waals surface area contributed by atoms with Gasteiger partial charge in [-0.15, -0.1) is 0 Å². The van der Waals surface area contributed by atoms with Crippen LogP contribution < -0.4 is 5.32 Å². The van der Waals surface area contributed by atoms with Crippen molar-refractivity contribution in [3.8, 4) is 0 Å². The van der Waals surface area contributed by atoms with E-state index < -0.39 is 11.7 Å². The molecule has 0 radical (unpaired) electrons. The first-order valence-corrected chi connectivity index (χ1v) is 8.01. The second-order valence-electron chi connectivity index (χ2n) is 6.82. The second kappa shape index (κ2) is 5.82. The molecule has 0 heterocycles. The molecule has 5 heteroatoms. The number of hydrogen-bond acceptors (Lipinski definition) is 1. The predicted molar refractivity (Wildman–Crippen MR) is 83.4 cm³/mol. The summed E-state index contributed by atoms with van der Waals surface area (Å²) in [7, 11) is 0. The molecule has 1 aromatic rings. The minimum Gasteiger partial charge on any atom is -0.382 e. The molecule has 118 valence electrons. The molecular formula is C16H21BrF3N. The van der Waals surface area contributed by atoms with Gasteiger partial charge in [0.15, 0.2) is 0 Å². The fourth-order valence-electron chi connectivity index (χ4n) is 3.24. The molecule has 2 atom stereocenters. The summed E-state index contributed by atoms with van der Waals surface area (Å²) in [5, 5.41) is 3.13. The van der Waals surface area contributed by atoms with Crippen LogP contribution in [0.5, 0.6) is 0 Å². The minimum atomic E-state index is -4.34. The van der Waals surface area contributed by atoms with Gasteiger partial charge in [-0.1, -0.05) is 36.7 Å². The maximum atomic E-state index is 13.1. The molecule has 0 aromatic heterocycles. The average molecular weight is 364 g/mol. The number of halogens is 4. The molecular weight excluding hydrogens is 343 g/mol. The van der Waals surface area contributed by atoms with Gasteiger partial charge < -0.3 is 5.32 Å². The van der Waals surface area contributed by atoms with Gasteiger partial charge in [-0.05, 0) is 48.8 Å². The second-order valence-corrected chi connectivity index (χ2v) is 7.74. The highest BCUT2D eigenvalue weighted by atomic mass is 79.9. The Kier molecular flexibility index (Phi) is 4.62. The van der Waals surface area contributed by atoms with E-state index >= 15 is 0 Å². The van der Waals surface area contributed by atoms with Gasteiger partial charge in [-0.3, -0.25) is 0 Å². The van der Waals surface area contributed by atoms with Crippen LogP contribution in [0.1, 0.15) is 45.6 Å². The lowest BCUT2D eigenvalue weighted by Gasteiger charge is -2.40. The zero-order valence-electron chi connectivity index (χ0n) is 12.5. The van der Waals surface area contributed by atoms with Crippen LogP contribution in [0.3, 0.4) is 0 Å². The maximum absolute atomic E-state index is 13.1. The van der Waals surface area contributed by atoms with E-state index in [2.05, 4.69) is 42.0 Å². The average Bonchev–Trinajstić information content (AvgIpc) is 2.32. The molecule has 0 aliphatic heterocycles. The van der Waals surface area contributed by atoms with Crippen LogP contribution in [0.4, 0.5) is 18.9 Å². The summed E-state index contributed by atoms with van der Waals surface area (Å²) >= 11 is 3.11. The van der Waals surface area contributed by atoms with E-state index in [0.29, 0.717) is 10.4 Å². The third-order valence-corrected chi connectivity index (χ3v) is 4.81. The molecule has 1 aliphatic rings. The van der Waals surface area contributed by atoms with Crippen LogP contribution in [0.2, 0.25) is 0 Å². The van der Waals surface area contributed by atoms with Crippen molar-refractivity contribution in [3.63, 3.8) is 0 Å². The number of anilines is 1. The molecule has 1 aliphatic carbocycles. The van der Waals surface area contributed by atoms with Gasteiger partial charge in [0.05, 0.1) is 5.56 Å². The van der Waals surface area contributed by atoms with Crippen LogP contribution in [0, 0.1) is 11.3 Å². The van der Waals surface area contributed by atoms with E-state index in [9.17, 15) is 13.2 Å². The lowest BCUT2D eigenvalue weighted by Crippen LogP contribution is -2.37. The summed E-state index contributed by atoms with van der Waals surface area (Å²) in [5.74, 6) is 0.360. The summed E-state index contributed by atoms with van der Waals surface area (Å²) in [6.07, 6.45) is -1.37. The molecule has 21 heavy (non-hydrogen) atoms. The molecule has 1 saturated carbocycles. The van der Waals surface area contributed by atoms with E-state index in [0.717, 1.165) is 25.3 Å². The largest absolute Gasteiger partial charge is 0.418 e. The zero-order chi connectivity index (χ0) is 15.8. The predicted octanol–water partition coefficient (Wildman–Crippen LogP) is 6.09. The highest BCUT2D eigenvalue weighted by Crippen LogP contribution is 2.42. The normalized spacial score (nSPS) is 25.7. The highest BCUT2D eigenvalue weighted by molar-refractivity contribution is 9.10. The van der Waals surface area contributed by atoms with Crippen LogP contribution in [0.15, 0.2) is 22.7 Å².